The topological polar surface area (TPSA) is 126 Å². The molecule has 1 saturated heterocycles. The largest absolute Gasteiger partial charge is 0.322 e. The van der Waals surface area contributed by atoms with Gasteiger partial charge in [0, 0.05) is 30.4 Å². The van der Waals surface area contributed by atoms with Gasteiger partial charge >= 0.3 is 0 Å². The number of carbonyl (C=O) groups is 1. The van der Waals surface area contributed by atoms with Crippen molar-refractivity contribution in [2.75, 3.05) is 23.1 Å². The van der Waals surface area contributed by atoms with E-state index in [2.05, 4.69) is 15.0 Å². The smallest absolute Gasteiger partial charge is 0.263 e. The average Bonchev–Trinajstić information content (AvgIpc) is 3.48. The van der Waals surface area contributed by atoms with Crippen molar-refractivity contribution in [1.29, 1.82) is 0 Å². The molecule has 174 valence electrons. The highest BCUT2D eigenvalue weighted by Crippen LogP contribution is 2.26. The van der Waals surface area contributed by atoms with E-state index in [0.29, 0.717) is 18.8 Å². The molecule has 13 heteroatoms. The molecular formula is C20H19ClN4O5S3. The van der Waals surface area contributed by atoms with Gasteiger partial charge < -0.3 is 5.32 Å². The molecule has 9 nitrogen and oxygen atoms in total. The van der Waals surface area contributed by atoms with Gasteiger partial charge in [0.1, 0.15) is 0 Å². The van der Waals surface area contributed by atoms with Crippen LogP contribution >= 0.6 is 22.9 Å². The van der Waals surface area contributed by atoms with Gasteiger partial charge in [0.2, 0.25) is 10.0 Å². The first kappa shape index (κ1) is 23.6. The monoisotopic (exact) mass is 526 g/mol. The van der Waals surface area contributed by atoms with Gasteiger partial charge in [-0.2, -0.15) is 4.31 Å². The Balaban J connectivity index is 1.51. The molecule has 1 aliphatic rings. The van der Waals surface area contributed by atoms with Gasteiger partial charge in [-0.05, 0) is 55.3 Å². The Bertz CT molecular complexity index is 1370. The lowest BCUT2D eigenvalue weighted by Gasteiger charge is -2.16. The number of thiazole rings is 1. The quantitative estimate of drug-likeness (QED) is 0.484. The number of amides is 1. The molecule has 1 fully saturated rings. The molecular weight excluding hydrogens is 508 g/mol. The second-order valence-electron chi connectivity index (χ2n) is 7.17. The van der Waals surface area contributed by atoms with E-state index in [-0.39, 0.29) is 25.5 Å². The number of aromatic nitrogens is 1. The summed E-state index contributed by atoms with van der Waals surface area (Å²) in [5.74, 6) is -0.616. The summed E-state index contributed by atoms with van der Waals surface area (Å²) >= 11 is 7.31. The maximum absolute atomic E-state index is 12.8. The highest BCUT2D eigenvalue weighted by atomic mass is 35.5. The minimum atomic E-state index is -3.82. The van der Waals surface area contributed by atoms with Gasteiger partial charge in [-0.15, -0.1) is 11.3 Å². The molecule has 2 aromatic carbocycles. The second kappa shape index (κ2) is 9.39. The summed E-state index contributed by atoms with van der Waals surface area (Å²) in [6, 6.07) is 9.52. The van der Waals surface area contributed by atoms with E-state index in [9.17, 15) is 21.6 Å². The van der Waals surface area contributed by atoms with E-state index in [1.54, 1.807) is 5.38 Å². The fraction of sp³-hybridized carbons (Fsp3) is 0.200. The maximum Gasteiger partial charge on any atom is 0.263 e. The Morgan fingerprint density at radius 3 is 2.30 bits per heavy atom. The van der Waals surface area contributed by atoms with E-state index in [1.807, 2.05) is 0 Å². The Kier molecular flexibility index (Phi) is 6.73. The molecule has 0 bridgehead atoms. The molecule has 2 N–H and O–H groups in total. The first-order chi connectivity index (χ1) is 15.7. The van der Waals surface area contributed by atoms with E-state index in [4.69, 9.17) is 11.6 Å². The van der Waals surface area contributed by atoms with Gasteiger partial charge in [0.05, 0.1) is 20.4 Å². The standard InChI is InChI=1S/C20H19ClN4O5S3/c21-18-8-7-16(33(29,30)25-10-1-2-11-25)13-17(18)19(26)23-14-3-5-15(6-4-14)32(27,28)24-20-22-9-12-31-20/h3-9,12-13H,1-2,10-11H2,(H,22,24)(H,23,26). The van der Waals surface area contributed by atoms with Gasteiger partial charge in [0.25, 0.3) is 15.9 Å². The number of hydrogen-bond acceptors (Lipinski definition) is 7. The van der Waals surface area contributed by atoms with E-state index in [0.717, 1.165) is 24.2 Å². The number of rotatable bonds is 7. The Morgan fingerprint density at radius 1 is 1.00 bits per heavy atom. The van der Waals surface area contributed by atoms with Crippen LogP contribution in [0.15, 0.2) is 63.8 Å². The number of nitrogens with zero attached hydrogens (tertiary/aromatic N) is 2. The summed E-state index contributed by atoms with van der Waals surface area (Å²) < 4.78 is 54.2. The van der Waals surface area contributed by atoms with Crippen LogP contribution in [-0.2, 0) is 20.0 Å². The number of halogens is 1. The molecule has 1 aliphatic heterocycles. The summed E-state index contributed by atoms with van der Waals surface area (Å²) in [6.45, 7) is 0.887. The lowest BCUT2D eigenvalue weighted by molar-refractivity contribution is 0.102. The van der Waals surface area contributed by atoms with Crippen LogP contribution in [0.5, 0.6) is 0 Å². The zero-order valence-corrected chi connectivity index (χ0v) is 20.3. The lowest BCUT2D eigenvalue weighted by atomic mass is 10.2. The van der Waals surface area contributed by atoms with Crippen molar-refractivity contribution in [2.45, 2.75) is 22.6 Å². The van der Waals surface area contributed by atoms with Crippen molar-refractivity contribution in [1.82, 2.24) is 9.29 Å². The third kappa shape index (κ3) is 5.20. The molecule has 0 spiro atoms. The van der Waals surface area contributed by atoms with Crippen LogP contribution in [0, 0.1) is 0 Å². The Labute approximate surface area is 200 Å². The molecule has 0 unspecified atom stereocenters. The van der Waals surface area contributed by atoms with Crippen LogP contribution in [0.2, 0.25) is 5.02 Å². The molecule has 2 heterocycles. The SMILES string of the molecule is O=C(Nc1ccc(S(=O)(=O)Nc2nccs2)cc1)c1cc(S(=O)(=O)N2CCCC2)ccc1Cl. The molecule has 4 rings (SSSR count). The van der Waals surface area contributed by atoms with Gasteiger partial charge in [0.15, 0.2) is 5.13 Å². The lowest BCUT2D eigenvalue weighted by Crippen LogP contribution is -2.28. The van der Waals surface area contributed by atoms with Crippen LogP contribution in [0.25, 0.3) is 0 Å². The van der Waals surface area contributed by atoms with Crippen LogP contribution in [-0.4, -0.2) is 45.1 Å². The number of sulfonamides is 2. The first-order valence-corrected chi connectivity index (χ1v) is 14.0. The molecule has 0 aliphatic carbocycles. The summed E-state index contributed by atoms with van der Waals surface area (Å²) in [6.07, 6.45) is 3.08. The van der Waals surface area contributed by atoms with E-state index >= 15 is 0 Å². The number of carbonyl (C=O) groups excluding carboxylic acids is 1. The van der Waals surface area contributed by atoms with Crippen molar-refractivity contribution < 1.29 is 21.6 Å². The highest BCUT2D eigenvalue weighted by molar-refractivity contribution is 7.93. The van der Waals surface area contributed by atoms with Crippen LogP contribution < -0.4 is 10.0 Å². The summed E-state index contributed by atoms with van der Waals surface area (Å²) in [5.41, 5.74) is 0.316. The maximum atomic E-state index is 12.8. The molecule has 0 atom stereocenters. The molecule has 0 saturated carbocycles. The number of benzene rings is 2. The van der Waals surface area contributed by atoms with Crippen molar-refractivity contribution in [3.8, 4) is 0 Å². The van der Waals surface area contributed by atoms with E-state index in [1.165, 1.54) is 53.0 Å². The summed E-state index contributed by atoms with van der Waals surface area (Å²) in [7, 11) is -7.54. The zero-order valence-electron chi connectivity index (χ0n) is 17.1. The minimum Gasteiger partial charge on any atom is -0.322 e. The van der Waals surface area contributed by atoms with Crippen LogP contribution in [0.3, 0.4) is 0 Å². The van der Waals surface area contributed by atoms with Crippen molar-refractivity contribution in [2.24, 2.45) is 0 Å². The summed E-state index contributed by atoms with van der Waals surface area (Å²) in [5, 5.41) is 4.60. The third-order valence-electron chi connectivity index (χ3n) is 4.96. The van der Waals surface area contributed by atoms with E-state index < -0.39 is 26.0 Å². The average molecular weight is 527 g/mol. The predicted octanol–water partition coefficient (Wildman–Crippen LogP) is 3.63. The normalized spacial score (nSPS) is 14.8. The minimum absolute atomic E-state index is 0.000858. The van der Waals surface area contributed by atoms with Crippen molar-refractivity contribution >= 4 is 59.7 Å². The molecule has 1 amide bonds. The Hall–Kier alpha value is -2.51. The molecule has 1 aromatic heterocycles. The highest BCUT2D eigenvalue weighted by Gasteiger charge is 2.28. The fourth-order valence-corrected chi connectivity index (χ4v) is 6.82. The fourth-order valence-electron chi connectivity index (χ4n) is 3.28. The number of hydrogen-bond donors (Lipinski definition) is 2. The second-order valence-corrected chi connectivity index (χ2v) is 12.1. The summed E-state index contributed by atoms with van der Waals surface area (Å²) in [4.78, 5) is 16.7. The molecule has 3 aromatic rings. The van der Waals surface area contributed by atoms with Gasteiger partial charge in [-0.3, -0.25) is 9.52 Å². The van der Waals surface area contributed by atoms with Crippen LogP contribution in [0.4, 0.5) is 10.8 Å². The third-order valence-corrected chi connectivity index (χ3v) is 9.36. The van der Waals surface area contributed by atoms with Crippen molar-refractivity contribution in [3.63, 3.8) is 0 Å². The zero-order chi connectivity index (χ0) is 23.6. The molecule has 33 heavy (non-hydrogen) atoms. The first-order valence-electron chi connectivity index (χ1n) is 9.80. The van der Waals surface area contributed by atoms with Crippen LogP contribution in [0.1, 0.15) is 23.2 Å². The Morgan fingerprint density at radius 2 is 1.67 bits per heavy atom. The number of anilines is 2. The van der Waals surface area contributed by atoms with Gasteiger partial charge in [-0.1, -0.05) is 11.6 Å². The number of nitrogens with one attached hydrogen (secondary N) is 2. The van der Waals surface area contributed by atoms with Crippen molar-refractivity contribution in [3.05, 3.63) is 64.6 Å². The van der Waals surface area contributed by atoms with Gasteiger partial charge in [-0.25, -0.2) is 21.8 Å². The molecule has 0 radical (unpaired) electrons. The predicted molar refractivity (Wildman–Crippen MR) is 127 cm³/mol.